The summed E-state index contributed by atoms with van der Waals surface area (Å²) in [5.74, 6) is 1.13. The van der Waals surface area contributed by atoms with Gasteiger partial charge in [0.05, 0.1) is 18.3 Å². The van der Waals surface area contributed by atoms with Crippen LogP contribution in [0.1, 0.15) is 5.56 Å². The summed E-state index contributed by atoms with van der Waals surface area (Å²) in [5.41, 5.74) is 11.8. The van der Waals surface area contributed by atoms with Crippen LogP contribution in [0.2, 0.25) is 0 Å². The normalized spacial score (nSPS) is 14.2. The van der Waals surface area contributed by atoms with Gasteiger partial charge >= 0.3 is 0 Å². The second-order valence-electron chi connectivity index (χ2n) is 9.22. The second-order valence-corrected chi connectivity index (χ2v) is 9.60. The van der Waals surface area contributed by atoms with E-state index < -0.39 is 5.24 Å². The van der Waals surface area contributed by atoms with Crippen molar-refractivity contribution in [3.05, 3.63) is 72.4 Å². The zero-order valence-corrected chi connectivity index (χ0v) is 22.1. The highest BCUT2D eigenvalue weighted by Gasteiger charge is 2.17. The highest BCUT2D eigenvalue weighted by atomic mass is 35.5. The molecule has 0 bridgehead atoms. The number of carbonyl (C=O) groups excluding carboxylic acids is 1. The summed E-state index contributed by atoms with van der Waals surface area (Å²) in [7, 11) is 3.80. The third-order valence-electron chi connectivity index (χ3n) is 6.65. The minimum atomic E-state index is -0.555. The first-order valence-electron chi connectivity index (χ1n) is 12.3. The van der Waals surface area contributed by atoms with E-state index >= 15 is 0 Å². The molecule has 0 radical (unpaired) electrons. The molecule has 0 saturated carbocycles. The van der Waals surface area contributed by atoms with Crippen LogP contribution in [0.4, 0.5) is 23.0 Å². The lowest BCUT2D eigenvalue weighted by molar-refractivity contribution is -0.107. The molecule has 5 rings (SSSR count). The van der Waals surface area contributed by atoms with Gasteiger partial charge in [-0.3, -0.25) is 4.79 Å². The van der Waals surface area contributed by atoms with Crippen LogP contribution < -0.4 is 20.7 Å². The lowest BCUT2D eigenvalue weighted by atomic mass is 9.96. The highest BCUT2D eigenvalue weighted by molar-refractivity contribution is 6.66. The summed E-state index contributed by atoms with van der Waals surface area (Å²) in [6.45, 7) is 4.00. The Balaban J connectivity index is 1.54. The molecule has 0 aliphatic carbocycles. The number of anilines is 4. The molecule has 194 valence electrons. The van der Waals surface area contributed by atoms with E-state index in [1.165, 1.54) is 6.08 Å². The first-order chi connectivity index (χ1) is 18.4. The Labute approximate surface area is 226 Å². The average molecular weight is 529 g/mol. The molecule has 1 fully saturated rings. The number of nitrogens with two attached hydrogens (primary N) is 1. The van der Waals surface area contributed by atoms with Crippen molar-refractivity contribution in [2.24, 2.45) is 0 Å². The number of methoxy groups -OCH3 is 1. The van der Waals surface area contributed by atoms with Gasteiger partial charge in [0, 0.05) is 60.8 Å². The van der Waals surface area contributed by atoms with Crippen LogP contribution in [-0.2, 0) is 4.79 Å². The van der Waals surface area contributed by atoms with Gasteiger partial charge in [0.15, 0.2) is 0 Å². The molecule has 1 aliphatic rings. The standard InChI is InChI=1S/C29H29ClN6O2/c1-35-12-14-36(15-13-35)23-9-10-24(25(17-23)38-2)33-29-32-18-21-7-6-19(8-11-26(30)37)27(28(21)34-29)20-4-3-5-22(31)16-20/h3-11,16-18H,12-15,31H2,1-2H3,(H,32,33,34)/b11-8+. The lowest BCUT2D eigenvalue weighted by Crippen LogP contribution is -2.44. The van der Waals surface area contributed by atoms with Gasteiger partial charge in [0.2, 0.25) is 11.2 Å². The number of aromatic nitrogens is 2. The summed E-state index contributed by atoms with van der Waals surface area (Å²) < 4.78 is 5.71. The summed E-state index contributed by atoms with van der Waals surface area (Å²) in [6, 6.07) is 17.5. The number of piperazine rings is 1. The minimum Gasteiger partial charge on any atom is -0.494 e. The van der Waals surface area contributed by atoms with E-state index in [2.05, 4.69) is 33.2 Å². The molecular weight excluding hydrogens is 500 g/mol. The SMILES string of the molecule is COc1cc(N2CCN(C)CC2)ccc1Nc1ncc2ccc(/C=C/C(=O)Cl)c(-c3cccc(N)c3)c2n1. The summed E-state index contributed by atoms with van der Waals surface area (Å²) in [5, 5.41) is 3.61. The lowest BCUT2D eigenvalue weighted by Gasteiger charge is -2.34. The molecule has 2 heterocycles. The van der Waals surface area contributed by atoms with E-state index in [0.717, 1.165) is 59.6 Å². The van der Waals surface area contributed by atoms with Gasteiger partial charge in [-0.05, 0) is 66.2 Å². The Morgan fingerprint density at radius 3 is 2.66 bits per heavy atom. The molecule has 0 unspecified atom stereocenters. The largest absolute Gasteiger partial charge is 0.494 e. The Morgan fingerprint density at radius 1 is 1.11 bits per heavy atom. The van der Waals surface area contributed by atoms with E-state index in [0.29, 0.717) is 22.9 Å². The fourth-order valence-electron chi connectivity index (χ4n) is 4.63. The number of nitrogens with zero attached hydrogens (tertiary/aromatic N) is 4. The van der Waals surface area contributed by atoms with Crippen LogP contribution in [0.5, 0.6) is 5.75 Å². The number of hydrogen-bond donors (Lipinski definition) is 2. The Bertz CT molecular complexity index is 1510. The molecular formula is C29H29ClN6O2. The fraction of sp³-hybridized carbons (Fsp3) is 0.207. The number of carbonyl (C=O) groups is 1. The van der Waals surface area contributed by atoms with Crippen molar-refractivity contribution in [3.8, 4) is 16.9 Å². The molecule has 3 aromatic carbocycles. The Kier molecular flexibility index (Phi) is 7.44. The van der Waals surface area contributed by atoms with Gasteiger partial charge in [0.25, 0.3) is 0 Å². The first kappa shape index (κ1) is 25.5. The molecule has 1 aromatic heterocycles. The maximum Gasteiger partial charge on any atom is 0.245 e. The molecule has 0 atom stereocenters. The van der Waals surface area contributed by atoms with Crippen molar-refractivity contribution in [1.29, 1.82) is 0 Å². The second kappa shape index (κ2) is 11.1. The van der Waals surface area contributed by atoms with E-state index in [-0.39, 0.29) is 0 Å². The first-order valence-corrected chi connectivity index (χ1v) is 12.7. The number of halogens is 1. The minimum absolute atomic E-state index is 0.419. The summed E-state index contributed by atoms with van der Waals surface area (Å²) in [6.07, 6.45) is 4.78. The zero-order valence-electron chi connectivity index (χ0n) is 21.3. The van der Waals surface area contributed by atoms with Crippen LogP contribution >= 0.6 is 11.6 Å². The van der Waals surface area contributed by atoms with Crippen molar-refractivity contribution < 1.29 is 9.53 Å². The van der Waals surface area contributed by atoms with Crippen LogP contribution in [-0.4, -0.2) is 60.4 Å². The van der Waals surface area contributed by atoms with Gasteiger partial charge in [-0.2, -0.15) is 0 Å². The van der Waals surface area contributed by atoms with Gasteiger partial charge < -0.3 is 25.6 Å². The third kappa shape index (κ3) is 5.56. The number of ether oxygens (including phenoxy) is 1. The number of allylic oxidation sites excluding steroid dienone is 1. The number of nitrogen functional groups attached to an aromatic ring is 1. The van der Waals surface area contributed by atoms with Crippen molar-refractivity contribution in [3.63, 3.8) is 0 Å². The van der Waals surface area contributed by atoms with E-state index in [1.807, 2.05) is 48.5 Å². The predicted molar refractivity (Wildman–Crippen MR) is 155 cm³/mol. The molecule has 3 N–H and O–H groups in total. The van der Waals surface area contributed by atoms with Crippen LogP contribution in [0.25, 0.3) is 28.1 Å². The van der Waals surface area contributed by atoms with E-state index in [1.54, 1.807) is 19.4 Å². The van der Waals surface area contributed by atoms with Crippen molar-refractivity contribution in [2.45, 2.75) is 0 Å². The maximum absolute atomic E-state index is 11.4. The predicted octanol–water partition coefficient (Wildman–Crippen LogP) is 5.16. The molecule has 1 aliphatic heterocycles. The van der Waals surface area contributed by atoms with Crippen LogP contribution in [0.15, 0.2) is 66.9 Å². The summed E-state index contributed by atoms with van der Waals surface area (Å²) >= 11 is 5.58. The fourth-order valence-corrected chi connectivity index (χ4v) is 4.69. The van der Waals surface area contributed by atoms with Gasteiger partial charge in [-0.15, -0.1) is 0 Å². The quantitative estimate of drug-likeness (QED) is 0.193. The van der Waals surface area contributed by atoms with Crippen LogP contribution in [0, 0.1) is 0 Å². The van der Waals surface area contributed by atoms with Gasteiger partial charge in [0.1, 0.15) is 5.75 Å². The van der Waals surface area contributed by atoms with E-state index in [4.69, 9.17) is 27.1 Å². The molecule has 0 spiro atoms. The smallest absolute Gasteiger partial charge is 0.245 e. The maximum atomic E-state index is 11.4. The number of nitrogens with one attached hydrogen (secondary N) is 1. The topological polar surface area (TPSA) is 96.6 Å². The van der Waals surface area contributed by atoms with Crippen LogP contribution in [0.3, 0.4) is 0 Å². The molecule has 38 heavy (non-hydrogen) atoms. The van der Waals surface area contributed by atoms with Gasteiger partial charge in [-0.25, -0.2) is 9.97 Å². The number of fused-ring (bicyclic) bond motifs is 1. The average Bonchev–Trinajstić information content (AvgIpc) is 2.92. The molecule has 9 heteroatoms. The Morgan fingerprint density at radius 2 is 1.92 bits per heavy atom. The zero-order chi connectivity index (χ0) is 26.6. The molecule has 4 aromatic rings. The molecule has 1 saturated heterocycles. The van der Waals surface area contributed by atoms with Crippen molar-refractivity contribution in [1.82, 2.24) is 14.9 Å². The third-order valence-corrected chi connectivity index (χ3v) is 6.78. The molecule has 0 amide bonds. The Hall–Kier alpha value is -4.14. The van der Waals surface area contributed by atoms with Gasteiger partial charge in [-0.1, -0.05) is 24.3 Å². The van der Waals surface area contributed by atoms with Crippen molar-refractivity contribution in [2.75, 3.05) is 56.3 Å². The van der Waals surface area contributed by atoms with E-state index in [9.17, 15) is 4.79 Å². The monoisotopic (exact) mass is 528 g/mol. The molecule has 8 nitrogen and oxygen atoms in total. The van der Waals surface area contributed by atoms with Crippen molar-refractivity contribution >= 4 is 56.8 Å². The number of rotatable bonds is 7. The summed E-state index contributed by atoms with van der Waals surface area (Å²) in [4.78, 5) is 25.5. The highest BCUT2D eigenvalue weighted by Crippen LogP contribution is 2.35. The number of likely N-dealkylation sites (N-methyl/N-ethyl adjacent to an activating group) is 1. The number of hydrogen-bond acceptors (Lipinski definition) is 8. The number of benzene rings is 3.